The summed E-state index contributed by atoms with van der Waals surface area (Å²) in [7, 11) is -3.74. The standard InChI is InChI=1S/C13H13N5O3S2/c19-12-10-3-1-2-4-11(10)23(20,21)17(12)7-8-22-13-14-15-16-18(13)9-5-6-9/h1-4,9H,5-8H2. The van der Waals surface area contributed by atoms with Crippen LogP contribution in [0.4, 0.5) is 0 Å². The van der Waals surface area contributed by atoms with Crippen molar-refractivity contribution in [2.24, 2.45) is 0 Å². The van der Waals surface area contributed by atoms with Crippen LogP contribution in [0, 0.1) is 0 Å². The number of carbonyl (C=O) groups is 1. The topological polar surface area (TPSA) is 98.1 Å². The fourth-order valence-electron chi connectivity index (χ4n) is 2.50. The minimum absolute atomic E-state index is 0.0813. The van der Waals surface area contributed by atoms with Crippen molar-refractivity contribution in [1.82, 2.24) is 24.5 Å². The van der Waals surface area contributed by atoms with E-state index in [9.17, 15) is 13.2 Å². The third kappa shape index (κ3) is 2.41. The number of aromatic nitrogens is 4. The summed E-state index contributed by atoms with van der Waals surface area (Å²) in [5.74, 6) is -0.0607. The van der Waals surface area contributed by atoms with Gasteiger partial charge in [0.2, 0.25) is 5.16 Å². The van der Waals surface area contributed by atoms with Gasteiger partial charge in [0, 0.05) is 12.3 Å². The van der Waals surface area contributed by atoms with Crippen molar-refractivity contribution in [3.05, 3.63) is 29.8 Å². The van der Waals surface area contributed by atoms with Crippen molar-refractivity contribution >= 4 is 27.7 Å². The van der Waals surface area contributed by atoms with Crippen LogP contribution in [-0.4, -0.2) is 51.1 Å². The predicted octanol–water partition coefficient (Wildman–Crippen LogP) is 0.945. The van der Waals surface area contributed by atoms with E-state index in [1.807, 2.05) is 0 Å². The maximum Gasteiger partial charge on any atom is 0.269 e. The summed E-state index contributed by atoms with van der Waals surface area (Å²) in [6.45, 7) is 0.0953. The molecule has 0 atom stereocenters. The Morgan fingerprint density at radius 1 is 1.26 bits per heavy atom. The maximum absolute atomic E-state index is 12.4. The zero-order valence-electron chi connectivity index (χ0n) is 12.0. The van der Waals surface area contributed by atoms with Crippen LogP contribution < -0.4 is 0 Å². The summed E-state index contributed by atoms with van der Waals surface area (Å²) in [4.78, 5) is 12.4. The predicted molar refractivity (Wildman–Crippen MR) is 81.5 cm³/mol. The van der Waals surface area contributed by atoms with E-state index in [1.165, 1.54) is 23.9 Å². The Bertz CT molecular complexity index is 875. The van der Waals surface area contributed by atoms with Gasteiger partial charge in [-0.25, -0.2) is 17.4 Å². The molecular formula is C13H13N5O3S2. The molecule has 2 aliphatic rings. The Labute approximate surface area is 136 Å². The van der Waals surface area contributed by atoms with E-state index in [4.69, 9.17) is 0 Å². The fraction of sp³-hybridized carbons (Fsp3) is 0.385. The van der Waals surface area contributed by atoms with Crippen molar-refractivity contribution in [2.45, 2.75) is 28.9 Å². The summed E-state index contributed by atoms with van der Waals surface area (Å²) < 4.78 is 27.5. The number of hydrogen-bond donors (Lipinski definition) is 0. The minimum atomic E-state index is -3.74. The van der Waals surface area contributed by atoms with Crippen molar-refractivity contribution in [3.63, 3.8) is 0 Å². The van der Waals surface area contributed by atoms with E-state index in [2.05, 4.69) is 15.5 Å². The number of tetrazole rings is 1. The molecule has 0 radical (unpaired) electrons. The molecule has 1 aromatic heterocycles. The minimum Gasteiger partial charge on any atom is -0.268 e. The van der Waals surface area contributed by atoms with Crippen LogP contribution in [-0.2, 0) is 10.0 Å². The molecule has 10 heteroatoms. The van der Waals surface area contributed by atoms with E-state index in [0.29, 0.717) is 17.0 Å². The van der Waals surface area contributed by atoms with E-state index in [0.717, 1.165) is 17.1 Å². The molecule has 1 fully saturated rings. The summed E-state index contributed by atoms with van der Waals surface area (Å²) in [6, 6.07) is 6.63. The normalized spacial score (nSPS) is 19.1. The molecule has 8 nitrogen and oxygen atoms in total. The molecule has 1 saturated carbocycles. The first kappa shape index (κ1) is 14.6. The van der Waals surface area contributed by atoms with Gasteiger partial charge in [-0.2, -0.15) is 0 Å². The Kier molecular flexibility index (Phi) is 3.38. The molecule has 0 unspecified atom stereocenters. The lowest BCUT2D eigenvalue weighted by Gasteiger charge is -2.14. The second kappa shape index (κ2) is 5.31. The Balaban J connectivity index is 1.47. The van der Waals surface area contributed by atoms with Gasteiger partial charge in [0.05, 0.1) is 11.6 Å². The molecule has 23 heavy (non-hydrogen) atoms. The SMILES string of the molecule is O=C1c2ccccc2S(=O)(=O)N1CCSc1nnnn1C1CC1. The number of rotatable bonds is 5. The first-order chi connectivity index (χ1) is 11.1. The van der Waals surface area contributed by atoms with Crippen LogP contribution in [0.2, 0.25) is 0 Å². The summed E-state index contributed by atoms with van der Waals surface area (Å²) in [6.07, 6.45) is 2.12. The van der Waals surface area contributed by atoms with Gasteiger partial charge in [0.1, 0.15) is 4.90 Å². The van der Waals surface area contributed by atoms with Gasteiger partial charge in [0.25, 0.3) is 15.9 Å². The van der Waals surface area contributed by atoms with Crippen LogP contribution >= 0.6 is 11.8 Å². The molecular weight excluding hydrogens is 338 g/mol. The van der Waals surface area contributed by atoms with Crippen LogP contribution in [0.15, 0.2) is 34.3 Å². The molecule has 120 valence electrons. The second-order valence-electron chi connectivity index (χ2n) is 5.36. The van der Waals surface area contributed by atoms with E-state index in [1.54, 1.807) is 16.8 Å². The third-order valence-corrected chi connectivity index (χ3v) is 6.55. The average molecular weight is 351 g/mol. The first-order valence-corrected chi connectivity index (χ1v) is 9.58. The number of hydrogen-bond acceptors (Lipinski definition) is 7. The molecule has 1 aliphatic carbocycles. The quantitative estimate of drug-likeness (QED) is 0.740. The number of sulfonamides is 1. The lowest BCUT2D eigenvalue weighted by Crippen LogP contribution is -2.32. The molecule has 0 bridgehead atoms. The molecule has 0 saturated heterocycles. The zero-order valence-corrected chi connectivity index (χ0v) is 13.6. The molecule has 2 aromatic rings. The average Bonchev–Trinajstić information content (AvgIpc) is 3.25. The van der Waals surface area contributed by atoms with Gasteiger partial charge >= 0.3 is 0 Å². The molecule has 4 rings (SSSR count). The monoisotopic (exact) mass is 351 g/mol. The Hall–Kier alpha value is -1.94. The fourth-order valence-corrected chi connectivity index (χ4v) is 5.05. The van der Waals surface area contributed by atoms with Crippen LogP contribution in [0.1, 0.15) is 29.2 Å². The Morgan fingerprint density at radius 3 is 2.78 bits per heavy atom. The number of thioether (sulfide) groups is 1. The van der Waals surface area contributed by atoms with Gasteiger partial charge in [0.15, 0.2) is 0 Å². The lowest BCUT2D eigenvalue weighted by atomic mass is 10.2. The number of nitrogens with zero attached hydrogens (tertiary/aromatic N) is 5. The molecule has 1 aliphatic heterocycles. The summed E-state index contributed by atoms with van der Waals surface area (Å²) in [5, 5.41) is 12.2. The van der Waals surface area contributed by atoms with Crippen LogP contribution in [0.25, 0.3) is 0 Å². The van der Waals surface area contributed by atoms with Crippen LogP contribution in [0.5, 0.6) is 0 Å². The van der Waals surface area contributed by atoms with Gasteiger partial charge in [-0.15, -0.1) is 5.10 Å². The van der Waals surface area contributed by atoms with E-state index >= 15 is 0 Å². The van der Waals surface area contributed by atoms with Gasteiger partial charge in [-0.3, -0.25) is 4.79 Å². The number of benzene rings is 1. The number of amides is 1. The van der Waals surface area contributed by atoms with Gasteiger partial charge in [-0.1, -0.05) is 23.9 Å². The largest absolute Gasteiger partial charge is 0.269 e. The summed E-state index contributed by atoms with van der Waals surface area (Å²) in [5.41, 5.74) is 0.236. The lowest BCUT2D eigenvalue weighted by molar-refractivity contribution is 0.0876. The first-order valence-electron chi connectivity index (χ1n) is 7.16. The highest BCUT2D eigenvalue weighted by Gasteiger charge is 2.40. The van der Waals surface area contributed by atoms with Gasteiger partial charge in [-0.05, 0) is 35.4 Å². The number of fused-ring (bicyclic) bond motifs is 1. The Morgan fingerprint density at radius 2 is 2.04 bits per heavy atom. The van der Waals surface area contributed by atoms with Gasteiger partial charge < -0.3 is 0 Å². The molecule has 0 N–H and O–H groups in total. The highest BCUT2D eigenvalue weighted by Crippen LogP contribution is 2.36. The summed E-state index contributed by atoms with van der Waals surface area (Å²) >= 11 is 1.36. The molecule has 1 amide bonds. The smallest absolute Gasteiger partial charge is 0.268 e. The second-order valence-corrected chi connectivity index (χ2v) is 8.26. The molecule has 0 spiro atoms. The maximum atomic E-state index is 12.4. The van der Waals surface area contributed by atoms with E-state index < -0.39 is 15.9 Å². The van der Waals surface area contributed by atoms with Crippen molar-refractivity contribution in [3.8, 4) is 0 Å². The molecule has 2 heterocycles. The number of carbonyl (C=O) groups excluding carboxylic acids is 1. The van der Waals surface area contributed by atoms with E-state index in [-0.39, 0.29) is 17.0 Å². The highest BCUT2D eigenvalue weighted by atomic mass is 32.2. The molecule has 1 aromatic carbocycles. The van der Waals surface area contributed by atoms with Crippen molar-refractivity contribution in [1.29, 1.82) is 0 Å². The van der Waals surface area contributed by atoms with Crippen molar-refractivity contribution < 1.29 is 13.2 Å². The third-order valence-electron chi connectivity index (χ3n) is 3.79. The van der Waals surface area contributed by atoms with Crippen LogP contribution in [0.3, 0.4) is 0 Å². The highest BCUT2D eigenvalue weighted by molar-refractivity contribution is 7.99. The van der Waals surface area contributed by atoms with Crippen molar-refractivity contribution in [2.75, 3.05) is 12.3 Å². The zero-order chi connectivity index (χ0) is 16.0.